The highest BCUT2D eigenvalue weighted by molar-refractivity contribution is 5.70. The lowest BCUT2D eigenvalue weighted by atomic mass is 10.1. The molecule has 33 heavy (non-hydrogen) atoms. The van der Waals surface area contributed by atoms with Gasteiger partial charge in [-0.1, -0.05) is 87.4 Å². The first-order chi connectivity index (χ1) is 16.2. The molecule has 0 aliphatic heterocycles. The number of methoxy groups -OCH3 is 1. The average molecular weight is 440 g/mol. The Bertz CT molecular complexity index is 1120. The molecule has 168 valence electrons. The second-order valence-electron chi connectivity index (χ2n) is 7.89. The van der Waals surface area contributed by atoms with Crippen LogP contribution in [-0.4, -0.2) is 28.7 Å². The summed E-state index contributed by atoms with van der Waals surface area (Å²) in [6, 6.07) is 25.7. The topological polar surface area (TPSA) is 57.1 Å². The lowest BCUT2D eigenvalue weighted by Gasteiger charge is -2.16. The van der Waals surface area contributed by atoms with Gasteiger partial charge in [-0.3, -0.25) is 0 Å². The molecule has 3 aromatic carbocycles. The van der Waals surface area contributed by atoms with Crippen LogP contribution in [0.5, 0.6) is 11.5 Å². The van der Waals surface area contributed by atoms with Gasteiger partial charge in [0.1, 0.15) is 11.5 Å². The number of hydrogen-bond donors (Lipinski definition) is 0. The fourth-order valence-corrected chi connectivity index (χ4v) is 3.61. The number of benzene rings is 3. The van der Waals surface area contributed by atoms with E-state index in [1.54, 1.807) is 7.11 Å². The molecule has 0 N–H and O–H groups in total. The van der Waals surface area contributed by atoms with Crippen LogP contribution in [0.4, 0.5) is 0 Å². The quantitative estimate of drug-likeness (QED) is 0.291. The van der Waals surface area contributed by atoms with Crippen LogP contribution < -0.4 is 9.47 Å². The Balaban J connectivity index is 1.76. The molecule has 0 saturated heterocycles. The second kappa shape index (κ2) is 10.7. The predicted octanol–water partition coefficient (Wildman–Crippen LogP) is 6.70. The molecule has 0 aliphatic carbocycles. The first-order valence-corrected chi connectivity index (χ1v) is 11.4. The van der Waals surface area contributed by atoms with Crippen LogP contribution in [0.15, 0.2) is 78.9 Å². The standard InChI is InChI=1S/C28H29N3O2/c1-4-20(5-2)19-33-23-16-17-24(25(18-23)32-3)28-30-26(21-12-8-6-9-13-21)29-27(31-28)22-14-10-7-11-15-22/h6-18,20H,4-5,19H2,1-3H3. The molecule has 5 nitrogen and oxygen atoms in total. The number of ether oxygens (including phenoxy) is 2. The largest absolute Gasteiger partial charge is 0.496 e. The lowest BCUT2D eigenvalue weighted by Crippen LogP contribution is -2.10. The molecule has 0 aliphatic rings. The predicted molar refractivity (Wildman–Crippen MR) is 132 cm³/mol. The summed E-state index contributed by atoms with van der Waals surface area (Å²) in [4.78, 5) is 14.3. The van der Waals surface area contributed by atoms with Crippen molar-refractivity contribution in [3.63, 3.8) is 0 Å². The van der Waals surface area contributed by atoms with E-state index in [0.717, 1.165) is 35.3 Å². The number of hydrogen-bond acceptors (Lipinski definition) is 5. The first-order valence-electron chi connectivity index (χ1n) is 11.4. The summed E-state index contributed by atoms with van der Waals surface area (Å²) < 4.78 is 11.7. The summed E-state index contributed by atoms with van der Waals surface area (Å²) in [5.41, 5.74) is 2.66. The average Bonchev–Trinajstić information content (AvgIpc) is 2.90. The van der Waals surface area contributed by atoms with Crippen molar-refractivity contribution in [2.45, 2.75) is 26.7 Å². The Labute approximate surface area is 195 Å². The van der Waals surface area contributed by atoms with Crippen LogP contribution in [0.3, 0.4) is 0 Å². The molecule has 4 aromatic rings. The first kappa shape index (κ1) is 22.5. The van der Waals surface area contributed by atoms with Gasteiger partial charge in [0.25, 0.3) is 0 Å². The highest BCUT2D eigenvalue weighted by Crippen LogP contribution is 2.33. The maximum atomic E-state index is 6.04. The van der Waals surface area contributed by atoms with Crippen molar-refractivity contribution in [1.82, 2.24) is 15.0 Å². The molecular weight excluding hydrogens is 410 g/mol. The van der Waals surface area contributed by atoms with Gasteiger partial charge in [0.15, 0.2) is 17.5 Å². The monoisotopic (exact) mass is 439 g/mol. The van der Waals surface area contributed by atoms with Gasteiger partial charge in [0.05, 0.1) is 19.3 Å². The SMILES string of the molecule is CCC(CC)COc1ccc(-c2nc(-c3ccccc3)nc(-c3ccccc3)n2)c(OC)c1. The summed E-state index contributed by atoms with van der Waals surface area (Å²) >= 11 is 0. The highest BCUT2D eigenvalue weighted by Gasteiger charge is 2.16. The van der Waals surface area contributed by atoms with Crippen molar-refractivity contribution in [3.8, 4) is 45.7 Å². The fraction of sp³-hybridized carbons (Fsp3) is 0.250. The number of aromatic nitrogens is 3. The van der Waals surface area contributed by atoms with E-state index in [9.17, 15) is 0 Å². The second-order valence-corrected chi connectivity index (χ2v) is 7.89. The van der Waals surface area contributed by atoms with Gasteiger partial charge < -0.3 is 9.47 Å². The Morgan fingerprint density at radius 1 is 0.697 bits per heavy atom. The molecule has 0 atom stereocenters. The normalized spacial score (nSPS) is 10.9. The van der Waals surface area contributed by atoms with E-state index in [0.29, 0.717) is 35.7 Å². The van der Waals surface area contributed by atoms with Gasteiger partial charge >= 0.3 is 0 Å². The smallest absolute Gasteiger partial charge is 0.167 e. The summed E-state index contributed by atoms with van der Waals surface area (Å²) in [7, 11) is 1.65. The molecule has 4 rings (SSSR count). The summed E-state index contributed by atoms with van der Waals surface area (Å²) in [5, 5.41) is 0. The van der Waals surface area contributed by atoms with Crippen LogP contribution in [0.2, 0.25) is 0 Å². The highest BCUT2D eigenvalue weighted by atomic mass is 16.5. The minimum absolute atomic E-state index is 0.543. The molecular formula is C28H29N3O2. The van der Waals surface area contributed by atoms with Gasteiger partial charge in [0.2, 0.25) is 0 Å². The molecule has 0 amide bonds. The van der Waals surface area contributed by atoms with Gasteiger partial charge in [-0.15, -0.1) is 0 Å². The zero-order chi connectivity index (χ0) is 23.0. The van der Waals surface area contributed by atoms with E-state index in [-0.39, 0.29) is 0 Å². The minimum atomic E-state index is 0.543. The third kappa shape index (κ3) is 5.37. The molecule has 0 fully saturated rings. The zero-order valence-corrected chi connectivity index (χ0v) is 19.4. The van der Waals surface area contributed by atoms with Crippen molar-refractivity contribution in [2.24, 2.45) is 5.92 Å². The molecule has 1 heterocycles. The molecule has 0 unspecified atom stereocenters. The Morgan fingerprint density at radius 3 is 1.76 bits per heavy atom. The van der Waals surface area contributed by atoms with Crippen LogP contribution in [0, 0.1) is 5.92 Å². The Hall–Kier alpha value is -3.73. The maximum Gasteiger partial charge on any atom is 0.167 e. The molecule has 0 spiro atoms. The van der Waals surface area contributed by atoms with Crippen molar-refractivity contribution < 1.29 is 9.47 Å². The molecule has 0 saturated carbocycles. The number of nitrogens with zero attached hydrogens (tertiary/aromatic N) is 3. The van der Waals surface area contributed by atoms with E-state index >= 15 is 0 Å². The molecule has 0 bridgehead atoms. The third-order valence-electron chi connectivity index (χ3n) is 5.75. The van der Waals surface area contributed by atoms with E-state index in [1.807, 2.05) is 78.9 Å². The van der Waals surface area contributed by atoms with Crippen LogP contribution in [0.1, 0.15) is 26.7 Å². The molecule has 0 radical (unpaired) electrons. The molecule has 5 heteroatoms. The maximum absolute atomic E-state index is 6.04. The van der Waals surface area contributed by atoms with Crippen molar-refractivity contribution >= 4 is 0 Å². The zero-order valence-electron chi connectivity index (χ0n) is 19.4. The van der Waals surface area contributed by atoms with Crippen molar-refractivity contribution in [1.29, 1.82) is 0 Å². The summed E-state index contributed by atoms with van der Waals surface area (Å²) in [6.07, 6.45) is 2.20. The van der Waals surface area contributed by atoms with Crippen LogP contribution >= 0.6 is 0 Å². The Morgan fingerprint density at radius 2 is 1.24 bits per heavy atom. The third-order valence-corrected chi connectivity index (χ3v) is 5.75. The number of rotatable bonds is 9. The molecule has 1 aromatic heterocycles. The van der Waals surface area contributed by atoms with Gasteiger partial charge in [0, 0.05) is 17.2 Å². The van der Waals surface area contributed by atoms with Gasteiger partial charge in [-0.2, -0.15) is 0 Å². The van der Waals surface area contributed by atoms with E-state index in [4.69, 9.17) is 24.4 Å². The van der Waals surface area contributed by atoms with Crippen LogP contribution in [-0.2, 0) is 0 Å². The summed E-state index contributed by atoms with van der Waals surface area (Å²) in [5.74, 6) is 3.79. The van der Waals surface area contributed by atoms with E-state index < -0.39 is 0 Å². The van der Waals surface area contributed by atoms with Gasteiger partial charge in [-0.05, 0) is 18.1 Å². The lowest BCUT2D eigenvalue weighted by molar-refractivity contribution is 0.239. The van der Waals surface area contributed by atoms with Gasteiger partial charge in [-0.25, -0.2) is 15.0 Å². The fourth-order valence-electron chi connectivity index (χ4n) is 3.61. The Kier molecular flexibility index (Phi) is 7.30. The van der Waals surface area contributed by atoms with Crippen molar-refractivity contribution in [3.05, 3.63) is 78.9 Å². The van der Waals surface area contributed by atoms with E-state index in [1.165, 1.54) is 0 Å². The van der Waals surface area contributed by atoms with Crippen LogP contribution in [0.25, 0.3) is 34.2 Å². The van der Waals surface area contributed by atoms with Crippen molar-refractivity contribution in [2.75, 3.05) is 13.7 Å². The minimum Gasteiger partial charge on any atom is -0.496 e. The van der Waals surface area contributed by atoms with E-state index in [2.05, 4.69) is 13.8 Å². The summed E-state index contributed by atoms with van der Waals surface area (Å²) in [6.45, 7) is 5.07.